The fourth-order valence-corrected chi connectivity index (χ4v) is 6.00. The summed E-state index contributed by atoms with van der Waals surface area (Å²) >= 11 is 0. The molecule has 2 rings (SSSR count). The third kappa shape index (κ3) is 3.45. The van der Waals surface area contributed by atoms with Crippen molar-refractivity contribution in [3.8, 4) is 0 Å². The predicted octanol–water partition coefficient (Wildman–Crippen LogP) is 2.72. The largest absolute Gasteiger partial charge is 0.377 e. The third-order valence-electron chi connectivity index (χ3n) is 5.29. The van der Waals surface area contributed by atoms with Crippen LogP contribution in [0.1, 0.15) is 53.4 Å². The van der Waals surface area contributed by atoms with Crippen molar-refractivity contribution in [3.63, 3.8) is 0 Å². The third-order valence-corrected chi connectivity index (χ3v) is 7.62. The number of nitrogens with one attached hydrogen (secondary N) is 1. The molecule has 1 saturated heterocycles. The van der Waals surface area contributed by atoms with Crippen molar-refractivity contribution >= 4 is 10.8 Å². The first kappa shape index (κ1) is 16.4. The van der Waals surface area contributed by atoms with E-state index in [9.17, 15) is 4.21 Å². The number of hydrogen-bond donors (Lipinski definition) is 1. The Morgan fingerprint density at radius 1 is 1.15 bits per heavy atom. The van der Waals surface area contributed by atoms with E-state index in [0.29, 0.717) is 17.4 Å². The van der Waals surface area contributed by atoms with Crippen molar-refractivity contribution in [2.45, 2.75) is 76.0 Å². The van der Waals surface area contributed by atoms with E-state index in [1.807, 2.05) is 7.05 Å². The Kier molecular flexibility index (Phi) is 5.30. The van der Waals surface area contributed by atoms with Gasteiger partial charge in [-0.25, -0.2) is 0 Å². The second-order valence-corrected chi connectivity index (χ2v) is 9.41. The van der Waals surface area contributed by atoms with E-state index in [1.165, 1.54) is 6.42 Å². The smallest absolute Gasteiger partial charge is 0.0691 e. The molecule has 2 fully saturated rings. The van der Waals surface area contributed by atoms with Gasteiger partial charge < -0.3 is 10.1 Å². The highest BCUT2D eigenvalue weighted by Gasteiger charge is 2.42. The van der Waals surface area contributed by atoms with Gasteiger partial charge in [0, 0.05) is 23.4 Å². The van der Waals surface area contributed by atoms with Gasteiger partial charge in [-0.3, -0.25) is 4.21 Å². The molecule has 6 atom stereocenters. The Bertz CT molecular complexity index is 353. The summed E-state index contributed by atoms with van der Waals surface area (Å²) in [5.41, 5.74) is 0.318. The van der Waals surface area contributed by atoms with Crippen molar-refractivity contribution in [2.24, 2.45) is 11.3 Å². The van der Waals surface area contributed by atoms with E-state index >= 15 is 0 Å². The molecule has 0 bridgehead atoms. The summed E-state index contributed by atoms with van der Waals surface area (Å²) in [7, 11) is 1.23. The molecule has 0 aromatic carbocycles. The lowest BCUT2D eigenvalue weighted by molar-refractivity contribution is 0.126. The molecule has 1 aliphatic carbocycles. The average Bonchev–Trinajstić information content (AvgIpc) is 2.82. The van der Waals surface area contributed by atoms with Crippen molar-refractivity contribution in [1.82, 2.24) is 5.32 Å². The molecule has 1 aliphatic heterocycles. The number of hydrogen-bond acceptors (Lipinski definition) is 3. The molecule has 2 aliphatic rings. The molecule has 118 valence electrons. The molecule has 0 aromatic heterocycles. The maximum Gasteiger partial charge on any atom is 0.0691 e. The fourth-order valence-electron chi connectivity index (χ4n) is 3.74. The molecule has 4 heteroatoms. The highest BCUT2D eigenvalue weighted by molar-refractivity contribution is 7.86. The molecular weight excluding hydrogens is 270 g/mol. The molecule has 0 amide bonds. The standard InChI is InChI=1S/C16H31NO2S/c1-11-14(8-9-19-11)20(18)15-10-12(16(2,3)4)6-7-13(15)17-5/h11-15,17H,6-10H2,1-5H3. The van der Waals surface area contributed by atoms with Crippen molar-refractivity contribution in [2.75, 3.05) is 13.7 Å². The molecule has 1 heterocycles. The van der Waals surface area contributed by atoms with E-state index in [0.717, 1.165) is 25.9 Å². The van der Waals surface area contributed by atoms with Gasteiger partial charge in [0.2, 0.25) is 0 Å². The summed E-state index contributed by atoms with van der Waals surface area (Å²) in [6.45, 7) is 9.81. The second-order valence-electron chi connectivity index (χ2n) is 7.54. The molecular formula is C16H31NO2S. The summed E-state index contributed by atoms with van der Waals surface area (Å²) in [4.78, 5) is 0. The van der Waals surface area contributed by atoms with Crippen LogP contribution in [0.2, 0.25) is 0 Å². The highest BCUT2D eigenvalue weighted by atomic mass is 32.2. The van der Waals surface area contributed by atoms with Crippen molar-refractivity contribution in [3.05, 3.63) is 0 Å². The lowest BCUT2D eigenvalue weighted by atomic mass is 9.71. The Morgan fingerprint density at radius 2 is 1.85 bits per heavy atom. The molecule has 1 saturated carbocycles. The summed E-state index contributed by atoms with van der Waals surface area (Å²) in [5, 5.41) is 3.93. The van der Waals surface area contributed by atoms with E-state index in [2.05, 4.69) is 33.0 Å². The summed E-state index contributed by atoms with van der Waals surface area (Å²) in [6, 6.07) is 0.405. The van der Waals surface area contributed by atoms with Gasteiger partial charge in [-0.05, 0) is 51.0 Å². The molecule has 1 N–H and O–H groups in total. The van der Waals surface area contributed by atoms with Crippen LogP contribution >= 0.6 is 0 Å². The van der Waals surface area contributed by atoms with Crippen LogP contribution in [0.5, 0.6) is 0 Å². The number of ether oxygens (including phenoxy) is 1. The van der Waals surface area contributed by atoms with Crippen LogP contribution in [0.15, 0.2) is 0 Å². The van der Waals surface area contributed by atoms with Gasteiger partial charge in [0.05, 0.1) is 16.6 Å². The fraction of sp³-hybridized carbons (Fsp3) is 1.00. The summed E-state index contributed by atoms with van der Waals surface area (Å²) in [5.74, 6) is 0.679. The molecule has 0 aromatic rings. The minimum absolute atomic E-state index is 0.156. The van der Waals surface area contributed by atoms with Crippen LogP contribution in [0.3, 0.4) is 0 Å². The van der Waals surface area contributed by atoms with Gasteiger partial charge >= 0.3 is 0 Å². The SMILES string of the molecule is CNC1CCC(C(C)(C)C)CC1S(=O)C1CCOC1C. The van der Waals surface area contributed by atoms with Gasteiger partial charge in [-0.15, -0.1) is 0 Å². The molecule has 0 spiro atoms. The van der Waals surface area contributed by atoms with Gasteiger partial charge in [0.15, 0.2) is 0 Å². The van der Waals surface area contributed by atoms with Crippen molar-refractivity contribution < 1.29 is 8.95 Å². The topological polar surface area (TPSA) is 38.3 Å². The maximum absolute atomic E-state index is 13.0. The van der Waals surface area contributed by atoms with Gasteiger partial charge in [0.25, 0.3) is 0 Å². The molecule has 3 nitrogen and oxygen atoms in total. The number of rotatable bonds is 3. The lowest BCUT2D eigenvalue weighted by Gasteiger charge is -2.42. The zero-order valence-electron chi connectivity index (χ0n) is 13.6. The normalized spacial score (nSPS) is 40.8. The van der Waals surface area contributed by atoms with Crippen LogP contribution in [0.25, 0.3) is 0 Å². The van der Waals surface area contributed by atoms with E-state index in [1.54, 1.807) is 0 Å². The van der Waals surface area contributed by atoms with Gasteiger partial charge in [-0.1, -0.05) is 20.8 Å². The van der Waals surface area contributed by atoms with Crippen molar-refractivity contribution in [1.29, 1.82) is 0 Å². The quantitative estimate of drug-likeness (QED) is 0.871. The van der Waals surface area contributed by atoms with Crippen LogP contribution in [0.4, 0.5) is 0 Å². The Morgan fingerprint density at radius 3 is 2.35 bits per heavy atom. The van der Waals surface area contributed by atoms with Crippen LogP contribution in [0, 0.1) is 11.3 Å². The van der Waals surface area contributed by atoms with Gasteiger partial charge in [-0.2, -0.15) is 0 Å². The highest BCUT2D eigenvalue weighted by Crippen LogP contribution is 2.40. The second kappa shape index (κ2) is 6.45. The minimum Gasteiger partial charge on any atom is -0.377 e. The molecule has 20 heavy (non-hydrogen) atoms. The predicted molar refractivity (Wildman–Crippen MR) is 85.4 cm³/mol. The first-order chi connectivity index (χ1) is 9.34. The van der Waals surface area contributed by atoms with Crippen LogP contribution < -0.4 is 5.32 Å². The van der Waals surface area contributed by atoms with Crippen LogP contribution in [-0.2, 0) is 15.5 Å². The first-order valence-electron chi connectivity index (χ1n) is 8.03. The average molecular weight is 301 g/mol. The molecule has 0 radical (unpaired) electrons. The minimum atomic E-state index is -0.785. The Hall–Kier alpha value is 0.0700. The maximum atomic E-state index is 13.0. The summed E-state index contributed by atoms with van der Waals surface area (Å²) in [6.07, 6.45) is 4.60. The van der Waals surface area contributed by atoms with E-state index < -0.39 is 10.8 Å². The van der Waals surface area contributed by atoms with E-state index in [4.69, 9.17) is 4.74 Å². The van der Waals surface area contributed by atoms with E-state index in [-0.39, 0.29) is 16.6 Å². The van der Waals surface area contributed by atoms with Crippen LogP contribution in [-0.4, -0.2) is 40.5 Å². The Balaban J connectivity index is 2.10. The first-order valence-corrected chi connectivity index (χ1v) is 9.30. The summed E-state index contributed by atoms with van der Waals surface area (Å²) < 4.78 is 18.7. The zero-order valence-corrected chi connectivity index (χ0v) is 14.5. The van der Waals surface area contributed by atoms with Gasteiger partial charge in [0.1, 0.15) is 0 Å². The lowest BCUT2D eigenvalue weighted by Crippen LogP contribution is -2.49. The Labute approximate surface area is 126 Å². The zero-order chi connectivity index (χ0) is 14.9. The molecule has 6 unspecified atom stereocenters. The monoisotopic (exact) mass is 301 g/mol.